The maximum absolute atomic E-state index is 13.4. The monoisotopic (exact) mass is 413 g/mol. The van der Waals surface area contributed by atoms with Crippen molar-refractivity contribution in [2.45, 2.75) is 6.92 Å². The first-order chi connectivity index (χ1) is 14.9. The summed E-state index contributed by atoms with van der Waals surface area (Å²) in [6.07, 6.45) is 1.59. The van der Waals surface area contributed by atoms with E-state index in [0.29, 0.717) is 33.6 Å². The molecule has 0 saturated heterocycles. The lowest BCUT2D eigenvalue weighted by Gasteiger charge is -2.29. The summed E-state index contributed by atoms with van der Waals surface area (Å²) in [5, 5.41) is 14.2. The molecule has 0 atom stereocenters. The average molecular weight is 413 g/mol. The number of hydrogen-bond donors (Lipinski definition) is 1. The second-order valence-electron chi connectivity index (χ2n) is 7.17. The first-order valence-electron chi connectivity index (χ1n) is 9.63. The first-order valence-corrected chi connectivity index (χ1v) is 9.63. The zero-order valence-electron chi connectivity index (χ0n) is 17.0. The van der Waals surface area contributed by atoms with E-state index in [1.54, 1.807) is 67.7 Å². The zero-order chi connectivity index (χ0) is 22.1. The van der Waals surface area contributed by atoms with Gasteiger partial charge in [-0.05, 0) is 54.0 Å². The van der Waals surface area contributed by atoms with Crippen LogP contribution in [-0.2, 0) is 4.79 Å². The number of nitro groups is 1. The second-order valence-corrected chi connectivity index (χ2v) is 7.17. The number of benzene rings is 3. The normalized spacial score (nSPS) is 14.5. The highest BCUT2D eigenvalue weighted by Crippen LogP contribution is 2.34. The highest BCUT2D eigenvalue weighted by atomic mass is 16.6. The smallest absolute Gasteiger partial charge is 0.292 e. The number of hydrogen-bond acceptors (Lipinski definition) is 5. The van der Waals surface area contributed by atoms with Crippen LogP contribution in [0.4, 0.5) is 17.1 Å². The van der Waals surface area contributed by atoms with Crippen molar-refractivity contribution in [3.05, 3.63) is 99.1 Å². The standard InChI is InChI=1S/C24H19N3O4/c1-15-6-5-7-17(12-15)26-23(28)19-9-4-3-8-18(19)20(24(26)29)13-16-10-11-21(25-2)22(14-16)27(30)31/h3-14,25H,1-2H3/b20-13+. The van der Waals surface area contributed by atoms with Gasteiger partial charge in [-0.2, -0.15) is 0 Å². The minimum absolute atomic E-state index is 0.0972. The lowest BCUT2D eigenvalue weighted by molar-refractivity contribution is -0.384. The van der Waals surface area contributed by atoms with Crippen LogP contribution in [0.1, 0.15) is 27.0 Å². The van der Waals surface area contributed by atoms with Gasteiger partial charge < -0.3 is 5.32 Å². The molecule has 1 aliphatic heterocycles. The summed E-state index contributed by atoms with van der Waals surface area (Å²) in [6.45, 7) is 1.88. The van der Waals surface area contributed by atoms with Crippen molar-refractivity contribution in [1.29, 1.82) is 0 Å². The van der Waals surface area contributed by atoms with Crippen LogP contribution in [0.2, 0.25) is 0 Å². The van der Waals surface area contributed by atoms with Gasteiger partial charge in [-0.25, -0.2) is 4.90 Å². The maximum atomic E-state index is 13.4. The molecule has 3 aromatic rings. The van der Waals surface area contributed by atoms with Crippen LogP contribution in [0.25, 0.3) is 11.6 Å². The number of amides is 2. The van der Waals surface area contributed by atoms with Crippen molar-refractivity contribution >= 4 is 40.5 Å². The number of aryl methyl sites for hydroxylation is 1. The summed E-state index contributed by atoms with van der Waals surface area (Å²) in [6, 6.07) is 18.7. The van der Waals surface area contributed by atoms with E-state index in [-0.39, 0.29) is 5.69 Å². The number of nitro benzene ring substituents is 1. The van der Waals surface area contributed by atoms with Crippen LogP contribution in [-0.4, -0.2) is 23.8 Å². The van der Waals surface area contributed by atoms with Gasteiger partial charge in [0.1, 0.15) is 5.69 Å². The molecule has 0 aliphatic carbocycles. The molecular weight excluding hydrogens is 394 g/mol. The van der Waals surface area contributed by atoms with Gasteiger partial charge in [0.15, 0.2) is 0 Å². The fraction of sp³-hybridized carbons (Fsp3) is 0.0833. The maximum Gasteiger partial charge on any atom is 0.292 e. The molecule has 3 aromatic carbocycles. The molecule has 2 amide bonds. The molecule has 7 heteroatoms. The molecule has 0 saturated carbocycles. The summed E-state index contributed by atoms with van der Waals surface area (Å²) in [7, 11) is 1.60. The summed E-state index contributed by atoms with van der Waals surface area (Å²) >= 11 is 0. The molecule has 0 radical (unpaired) electrons. The van der Waals surface area contributed by atoms with E-state index in [1.807, 2.05) is 13.0 Å². The van der Waals surface area contributed by atoms with Gasteiger partial charge in [0, 0.05) is 24.3 Å². The van der Waals surface area contributed by atoms with Crippen molar-refractivity contribution < 1.29 is 14.5 Å². The largest absolute Gasteiger partial charge is 0.383 e. The van der Waals surface area contributed by atoms with E-state index in [9.17, 15) is 19.7 Å². The molecule has 0 bridgehead atoms. The Kier molecular flexibility index (Phi) is 5.09. The third-order valence-corrected chi connectivity index (χ3v) is 5.14. The Morgan fingerprint density at radius 1 is 0.935 bits per heavy atom. The Bertz CT molecular complexity index is 1260. The highest BCUT2D eigenvalue weighted by molar-refractivity contribution is 6.43. The van der Waals surface area contributed by atoms with Crippen LogP contribution in [0, 0.1) is 17.0 Å². The molecule has 1 aliphatic rings. The molecule has 0 fully saturated rings. The van der Waals surface area contributed by atoms with Gasteiger partial charge in [-0.15, -0.1) is 0 Å². The number of imide groups is 1. The van der Waals surface area contributed by atoms with Gasteiger partial charge in [0.2, 0.25) is 0 Å². The van der Waals surface area contributed by atoms with E-state index in [0.717, 1.165) is 10.5 Å². The average Bonchev–Trinajstić information content (AvgIpc) is 2.76. The second kappa shape index (κ2) is 7.87. The molecule has 31 heavy (non-hydrogen) atoms. The van der Waals surface area contributed by atoms with Crippen LogP contribution in [0.15, 0.2) is 66.7 Å². The predicted molar refractivity (Wildman–Crippen MR) is 120 cm³/mol. The van der Waals surface area contributed by atoms with Crippen molar-refractivity contribution in [3.63, 3.8) is 0 Å². The van der Waals surface area contributed by atoms with Gasteiger partial charge in [0.25, 0.3) is 17.5 Å². The van der Waals surface area contributed by atoms with Crippen molar-refractivity contribution in [3.8, 4) is 0 Å². The van der Waals surface area contributed by atoms with Gasteiger partial charge in [-0.3, -0.25) is 19.7 Å². The van der Waals surface area contributed by atoms with Crippen LogP contribution in [0.3, 0.4) is 0 Å². The van der Waals surface area contributed by atoms with Gasteiger partial charge >= 0.3 is 0 Å². The molecule has 0 unspecified atom stereocenters. The number of rotatable bonds is 4. The number of anilines is 2. The number of nitrogens with one attached hydrogen (secondary N) is 1. The Hall–Kier alpha value is -4.26. The van der Waals surface area contributed by atoms with Gasteiger partial charge in [0.05, 0.1) is 10.6 Å². The van der Waals surface area contributed by atoms with Crippen molar-refractivity contribution in [2.24, 2.45) is 0 Å². The van der Waals surface area contributed by atoms with Crippen LogP contribution in [0.5, 0.6) is 0 Å². The number of carbonyl (C=O) groups excluding carboxylic acids is 2. The summed E-state index contributed by atoms with van der Waals surface area (Å²) in [4.78, 5) is 38.7. The number of carbonyl (C=O) groups is 2. The lowest BCUT2D eigenvalue weighted by atomic mass is 9.91. The molecular formula is C24H19N3O4. The van der Waals surface area contributed by atoms with Crippen LogP contribution >= 0.6 is 0 Å². The minimum Gasteiger partial charge on any atom is -0.383 e. The molecule has 7 nitrogen and oxygen atoms in total. The van der Waals surface area contributed by atoms with E-state index in [1.165, 1.54) is 6.07 Å². The first kappa shape index (κ1) is 20.0. The molecule has 154 valence electrons. The molecule has 1 heterocycles. The third kappa shape index (κ3) is 3.57. The van der Waals surface area contributed by atoms with Crippen LogP contribution < -0.4 is 10.2 Å². The predicted octanol–water partition coefficient (Wildman–Crippen LogP) is 4.67. The summed E-state index contributed by atoms with van der Waals surface area (Å²) < 4.78 is 0. The summed E-state index contributed by atoms with van der Waals surface area (Å²) in [5.74, 6) is -0.880. The summed E-state index contributed by atoms with van der Waals surface area (Å²) in [5.41, 5.74) is 3.36. The fourth-order valence-corrected chi connectivity index (χ4v) is 3.66. The quantitative estimate of drug-likeness (QED) is 0.290. The molecule has 0 aromatic heterocycles. The Balaban J connectivity index is 1.90. The molecule has 0 spiro atoms. The Labute approximate surface area is 178 Å². The van der Waals surface area contributed by atoms with E-state index in [2.05, 4.69) is 5.32 Å². The fourth-order valence-electron chi connectivity index (χ4n) is 3.66. The van der Waals surface area contributed by atoms with E-state index in [4.69, 9.17) is 0 Å². The Morgan fingerprint density at radius 2 is 1.68 bits per heavy atom. The topological polar surface area (TPSA) is 92.6 Å². The van der Waals surface area contributed by atoms with Crippen molar-refractivity contribution in [2.75, 3.05) is 17.3 Å². The van der Waals surface area contributed by atoms with Crippen molar-refractivity contribution in [1.82, 2.24) is 0 Å². The lowest BCUT2D eigenvalue weighted by Crippen LogP contribution is -2.41. The Morgan fingerprint density at radius 3 is 2.35 bits per heavy atom. The SMILES string of the molecule is CNc1ccc(/C=C2/C(=O)N(c3cccc(C)c3)C(=O)c3ccccc32)cc1[N+](=O)[O-]. The number of nitrogens with zero attached hydrogens (tertiary/aromatic N) is 2. The zero-order valence-corrected chi connectivity index (χ0v) is 17.0. The number of fused-ring (bicyclic) bond motifs is 1. The van der Waals surface area contributed by atoms with Gasteiger partial charge in [-0.1, -0.05) is 36.4 Å². The third-order valence-electron chi connectivity index (χ3n) is 5.14. The minimum atomic E-state index is -0.479. The highest BCUT2D eigenvalue weighted by Gasteiger charge is 2.35. The van der Waals surface area contributed by atoms with E-state index >= 15 is 0 Å². The molecule has 4 rings (SSSR count). The van der Waals surface area contributed by atoms with E-state index < -0.39 is 16.7 Å². The molecule has 1 N–H and O–H groups in total.